The highest BCUT2D eigenvalue weighted by Crippen LogP contribution is 2.25. The first-order chi connectivity index (χ1) is 8.62. The summed E-state index contributed by atoms with van der Waals surface area (Å²) in [5, 5.41) is 1.06. The summed E-state index contributed by atoms with van der Waals surface area (Å²) in [5.74, 6) is 0. The van der Waals surface area contributed by atoms with Crippen molar-refractivity contribution in [2.75, 3.05) is 0 Å². The van der Waals surface area contributed by atoms with Crippen molar-refractivity contribution in [1.82, 2.24) is 9.55 Å². The van der Waals surface area contributed by atoms with E-state index in [4.69, 9.17) is 0 Å². The molecule has 0 N–H and O–H groups in total. The molecule has 0 fully saturated rings. The Morgan fingerprint density at radius 1 is 1.11 bits per heavy atom. The molecule has 3 heteroatoms. The van der Waals surface area contributed by atoms with Gasteiger partial charge in [-0.1, -0.05) is 20.8 Å². The van der Waals surface area contributed by atoms with Gasteiger partial charge in [0, 0.05) is 22.7 Å². The lowest BCUT2D eigenvalue weighted by Crippen LogP contribution is -2.38. The predicted octanol–water partition coefficient (Wildman–Crippen LogP) is 3.45. The summed E-state index contributed by atoms with van der Waals surface area (Å²) in [4.78, 5) is 17.0. The Kier molecular flexibility index (Phi) is 3.04. The number of fused-ring (bicyclic) bond motifs is 1. The van der Waals surface area contributed by atoms with Gasteiger partial charge in [0.15, 0.2) is 0 Å². The Morgan fingerprint density at radius 2 is 1.74 bits per heavy atom. The van der Waals surface area contributed by atoms with Gasteiger partial charge < -0.3 is 4.57 Å². The van der Waals surface area contributed by atoms with E-state index in [1.54, 1.807) is 12.4 Å². The number of hydrogen-bond acceptors (Lipinski definition) is 2. The zero-order valence-corrected chi connectivity index (χ0v) is 12.6. The van der Waals surface area contributed by atoms with Crippen LogP contribution in [0.1, 0.15) is 47.1 Å². The molecule has 0 amide bonds. The molecule has 102 valence electrons. The fourth-order valence-corrected chi connectivity index (χ4v) is 2.36. The van der Waals surface area contributed by atoms with Gasteiger partial charge in [-0.25, -0.2) is 0 Å². The second kappa shape index (κ2) is 4.19. The molecule has 19 heavy (non-hydrogen) atoms. The summed E-state index contributed by atoms with van der Waals surface area (Å²) < 4.78 is 1.86. The molecule has 0 saturated carbocycles. The molecule has 2 heterocycles. The van der Waals surface area contributed by atoms with Crippen LogP contribution in [0, 0.1) is 0 Å². The molecule has 0 aliphatic rings. The lowest BCUT2D eigenvalue weighted by molar-refractivity contribution is 0.392. The molecular weight excluding hydrogens is 236 g/mol. The average molecular weight is 258 g/mol. The quantitative estimate of drug-likeness (QED) is 0.725. The maximum Gasteiger partial charge on any atom is 0.255 e. The van der Waals surface area contributed by atoms with Gasteiger partial charge in [-0.2, -0.15) is 0 Å². The minimum Gasteiger partial charge on any atom is -0.301 e. The van der Waals surface area contributed by atoms with E-state index in [2.05, 4.69) is 25.8 Å². The molecule has 0 unspecified atom stereocenters. The molecule has 0 aliphatic carbocycles. The van der Waals surface area contributed by atoms with Crippen LogP contribution in [-0.2, 0) is 11.0 Å². The van der Waals surface area contributed by atoms with E-state index >= 15 is 0 Å². The Balaban J connectivity index is 2.99. The molecule has 0 atom stereocenters. The van der Waals surface area contributed by atoms with Crippen LogP contribution in [0.5, 0.6) is 0 Å². The van der Waals surface area contributed by atoms with Crippen molar-refractivity contribution < 1.29 is 0 Å². The van der Waals surface area contributed by atoms with E-state index in [0.29, 0.717) is 0 Å². The molecule has 2 rings (SSSR count). The first kappa shape index (κ1) is 13.8. The topological polar surface area (TPSA) is 34.9 Å². The van der Waals surface area contributed by atoms with Crippen LogP contribution in [0.15, 0.2) is 29.3 Å². The Bertz CT molecular complexity index is 670. The van der Waals surface area contributed by atoms with Crippen LogP contribution in [0.4, 0.5) is 0 Å². The summed E-state index contributed by atoms with van der Waals surface area (Å²) >= 11 is 0. The Hall–Kier alpha value is -1.64. The minimum absolute atomic E-state index is 0.0838. The van der Waals surface area contributed by atoms with Crippen LogP contribution < -0.4 is 5.56 Å². The van der Waals surface area contributed by atoms with Gasteiger partial charge in [-0.3, -0.25) is 9.78 Å². The third-order valence-electron chi connectivity index (χ3n) is 3.29. The second-order valence-corrected chi connectivity index (χ2v) is 7.05. The van der Waals surface area contributed by atoms with Gasteiger partial charge in [-0.15, -0.1) is 0 Å². The normalized spacial score (nSPS) is 12.9. The third-order valence-corrected chi connectivity index (χ3v) is 3.29. The van der Waals surface area contributed by atoms with Gasteiger partial charge in [0.2, 0.25) is 0 Å². The summed E-state index contributed by atoms with van der Waals surface area (Å²) in [6.45, 7) is 12.4. The number of rotatable bonds is 0. The van der Waals surface area contributed by atoms with Gasteiger partial charge in [0.25, 0.3) is 5.56 Å². The molecule has 0 bridgehead atoms. The van der Waals surface area contributed by atoms with E-state index < -0.39 is 0 Å². The number of aromatic nitrogens is 2. The van der Waals surface area contributed by atoms with Crippen LogP contribution in [0.3, 0.4) is 0 Å². The Labute approximate surface area is 114 Å². The van der Waals surface area contributed by atoms with Crippen molar-refractivity contribution in [2.24, 2.45) is 0 Å². The van der Waals surface area contributed by atoms with Gasteiger partial charge in [0.1, 0.15) is 0 Å². The average Bonchev–Trinajstić information content (AvgIpc) is 2.24. The highest BCUT2D eigenvalue weighted by Gasteiger charge is 2.25. The zero-order chi connectivity index (χ0) is 14.4. The molecule has 0 saturated heterocycles. The SMILES string of the molecule is CC(C)(C)c1cc2ccncc2n(C(C)(C)C)c1=O. The summed E-state index contributed by atoms with van der Waals surface area (Å²) in [5.41, 5.74) is 1.40. The summed E-state index contributed by atoms with van der Waals surface area (Å²) in [6.07, 6.45) is 3.54. The highest BCUT2D eigenvalue weighted by atomic mass is 16.1. The van der Waals surface area contributed by atoms with Crippen molar-refractivity contribution in [3.05, 3.63) is 40.4 Å². The molecule has 2 aromatic rings. The smallest absolute Gasteiger partial charge is 0.255 e. The zero-order valence-electron chi connectivity index (χ0n) is 12.6. The van der Waals surface area contributed by atoms with Crippen LogP contribution in [0.25, 0.3) is 10.9 Å². The van der Waals surface area contributed by atoms with Crippen molar-refractivity contribution in [3.8, 4) is 0 Å². The first-order valence-electron chi connectivity index (χ1n) is 6.63. The van der Waals surface area contributed by atoms with E-state index in [9.17, 15) is 4.79 Å². The molecule has 3 nitrogen and oxygen atoms in total. The molecular formula is C16H22N2O. The molecule has 2 aromatic heterocycles. The minimum atomic E-state index is -0.264. The Morgan fingerprint density at radius 3 is 2.26 bits per heavy atom. The fraction of sp³-hybridized carbons (Fsp3) is 0.500. The molecule has 0 radical (unpaired) electrons. The van der Waals surface area contributed by atoms with Crippen LogP contribution >= 0.6 is 0 Å². The molecule has 0 spiro atoms. The van der Waals surface area contributed by atoms with Gasteiger partial charge in [-0.05, 0) is 38.3 Å². The molecule has 0 aromatic carbocycles. The van der Waals surface area contributed by atoms with Crippen molar-refractivity contribution in [1.29, 1.82) is 0 Å². The van der Waals surface area contributed by atoms with E-state index in [1.807, 2.05) is 37.5 Å². The summed E-state index contributed by atoms with van der Waals surface area (Å²) in [6, 6.07) is 3.97. The van der Waals surface area contributed by atoms with Gasteiger partial charge >= 0.3 is 0 Å². The lowest BCUT2D eigenvalue weighted by Gasteiger charge is -2.28. The fourth-order valence-electron chi connectivity index (χ4n) is 2.36. The van der Waals surface area contributed by atoms with Crippen molar-refractivity contribution in [2.45, 2.75) is 52.5 Å². The van der Waals surface area contributed by atoms with E-state index in [1.165, 1.54) is 0 Å². The lowest BCUT2D eigenvalue weighted by atomic mass is 9.87. The van der Waals surface area contributed by atoms with E-state index in [0.717, 1.165) is 16.5 Å². The van der Waals surface area contributed by atoms with Crippen molar-refractivity contribution in [3.63, 3.8) is 0 Å². The number of hydrogen-bond donors (Lipinski definition) is 0. The standard InChI is InChI=1S/C16H22N2O/c1-15(2,3)12-9-11-7-8-17-10-13(11)18(14(12)19)16(4,5)6/h7-10H,1-6H3. The second-order valence-electron chi connectivity index (χ2n) is 7.05. The highest BCUT2D eigenvalue weighted by molar-refractivity contribution is 5.79. The van der Waals surface area contributed by atoms with Crippen LogP contribution in [0.2, 0.25) is 0 Å². The van der Waals surface area contributed by atoms with Crippen LogP contribution in [-0.4, -0.2) is 9.55 Å². The largest absolute Gasteiger partial charge is 0.301 e. The molecule has 0 aliphatic heterocycles. The van der Waals surface area contributed by atoms with Crippen molar-refractivity contribution >= 4 is 10.9 Å². The monoisotopic (exact) mass is 258 g/mol. The number of nitrogens with zero attached hydrogens (tertiary/aromatic N) is 2. The number of pyridine rings is 2. The maximum absolute atomic E-state index is 12.8. The van der Waals surface area contributed by atoms with Gasteiger partial charge in [0.05, 0.1) is 11.7 Å². The first-order valence-corrected chi connectivity index (χ1v) is 6.63. The third kappa shape index (κ3) is 2.42. The summed E-state index contributed by atoms with van der Waals surface area (Å²) in [7, 11) is 0. The predicted molar refractivity (Wildman–Crippen MR) is 79.7 cm³/mol. The maximum atomic E-state index is 12.8. The van der Waals surface area contributed by atoms with E-state index in [-0.39, 0.29) is 16.5 Å².